The summed E-state index contributed by atoms with van der Waals surface area (Å²) in [5, 5.41) is 0. The van der Waals surface area contributed by atoms with Crippen LogP contribution in [0.5, 0.6) is 0 Å². The number of carbonyl (C=O) groups is 3. The summed E-state index contributed by atoms with van der Waals surface area (Å²) < 4.78 is 0. The maximum absolute atomic E-state index is 12.1. The summed E-state index contributed by atoms with van der Waals surface area (Å²) >= 11 is 0. The molecule has 3 nitrogen and oxygen atoms in total. The van der Waals surface area contributed by atoms with Crippen LogP contribution < -0.4 is 0 Å². The SMILES string of the molecule is C.CC(=O)[C@@H]1CC[C@@H]2[C@H]3CCC4=C(C)CC[C@@]4(C)[C@@H]3CC[C@]21C.CC(=O)[C@@H]1CC[C@@H]2[C@H]3CCC4=CC(=O)CC[C@@]4(C)[C@@H]3CC[C@]21C.[U]. The van der Waals surface area contributed by atoms with E-state index in [9.17, 15) is 14.4 Å². The fraction of sp³-hybridized carbons (Fsp3) is 0.837. The molecule has 12 atom stereocenters. The van der Waals surface area contributed by atoms with Crippen LogP contribution in [0.15, 0.2) is 22.8 Å². The zero-order valence-corrected chi connectivity index (χ0v) is 34.4. The van der Waals surface area contributed by atoms with Crippen LogP contribution in [0.2, 0.25) is 0 Å². The summed E-state index contributed by atoms with van der Waals surface area (Å²) in [5.74, 6) is 6.72. The number of fused-ring (bicyclic) bond motifs is 10. The first-order valence-electron chi connectivity index (χ1n) is 19.2. The van der Waals surface area contributed by atoms with Gasteiger partial charge in [0.25, 0.3) is 0 Å². The van der Waals surface area contributed by atoms with Crippen LogP contribution in [-0.4, -0.2) is 17.3 Å². The normalized spacial score (nSPS) is 47.6. The molecule has 8 aliphatic rings. The van der Waals surface area contributed by atoms with E-state index in [-0.39, 0.29) is 49.4 Å². The third-order valence-corrected chi connectivity index (χ3v) is 17.2. The van der Waals surface area contributed by atoms with Gasteiger partial charge < -0.3 is 0 Å². The minimum atomic E-state index is 0. The van der Waals surface area contributed by atoms with Gasteiger partial charge in [-0.1, -0.05) is 51.8 Å². The number of allylic oxidation sites excluding steroid dienone is 3. The van der Waals surface area contributed by atoms with E-state index in [1.807, 2.05) is 18.6 Å². The van der Waals surface area contributed by atoms with E-state index in [2.05, 4.69) is 34.6 Å². The number of hydrogen-bond donors (Lipinski definition) is 0. The monoisotopic (exact) mass is 869 g/mol. The predicted octanol–water partition coefficient (Wildman–Crippen LogP) is 10.9. The van der Waals surface area contributed by atoms with E-state index < -0.39 is 0 Å². The van der Waals surface area contributed by atoms with Crippen molar-refractivity contribution in [2.45, 2.75) is 159 Å². The molecule has 0 aromatic carbocycles. The second-order valence-electron chi connectivity index (χ2n) is 18.6. The molecule has 8 aliphatic carbocycles. The zero-order valence-electron chi connectivity index (χ0n) is 30.2. The van der Waals surface area contributed by atoms with Crippen LogP contribution in [-0.2, 0) is 14.4 Å². The summed E-state index contributed by atoms with van der Waals surface area (Å²) in [6.07, 6.45) is 21.6. The van der Waals surface area contributed by atoms with Crippen LogP contribution in [0.25, 0.3) is 0 Å². The molecule has 0 spiro atoms. The number of Topliss-reactive ketones (excluding diaryl/α,β-unsaturated/α-hetero) is 2. The minimum Gasteiger partial charge on any atom is -0.300 e. The van der Waals surface area contributed by atoms with E-state index in [1.165, 1.54) is 76.2 Å². The molecule has 0 unspecified atom stereocenters. The van der Waals surface area contributed by atoms with Crippen LogP contribution in [0, 0.1) is 100 Å². The van der Waals surface area contributed by atoms with Gasteiger partial charge in [-0.2, -0.15) is 0 Å². The van der Waals surface area contributed by atoms with E-state index in [4.69, 9.17) is 0 Å². The molecule has 0 heterocycles. The molecule has 0 N–H and O–H groups in total. The van der Waals surface area contributed by atoms with E-state index in [0.29, 0.717) is 40.0 Å². The van der Waals surface area contributed by atoms with E-state index in [1.54, 1.807) is 12.5 Å². The van der Waals surface area contributed by atoms with Gasteiger partial charge in [-0.15, -0.1) is 0 Å². The van der Waals surface area contributed by atoms with Crippen LogP contribution in [0.3, 0.4) is 0 Å². The van der Waals surface area contributed by atoms with E-state index in [0.717, 1.165) is 67.6 Å². The molecular weight excluding hydrogens is 802 g/mol. The Kier molecular flexibility index (Phi) is 10.7. The Labute approximate surface area is 311 Å². The van der Waals surface area contributed by atoms with Crippen molar-refractivity contribution >= 4 is 17.3 Å². The first-order valence-corrected chi connectivity index (χ1v) is 19.2. The number of rotatable bonds is 2. The number of ketones is 3. The van der Waals surface area contributed by atoms with Crippen molar-refractivity contribution in [1.82, 2.24) is 0 Å². The second kappa shape index (κ2) is 13.3. The van der Waals surface area contributed by atoms with Gasteiger partial charge in [-0.25, -0.2) is 0 Å². The van der Waals surface area contributed by atoms with Crippen molar-refractivity contribution in [1.29, 1.82) is 0 Å². The summed E-state index contributed by atoms with van der Waals surface area (Å²) in [6.45, 7) is 15.9. The van der Waals surface area contributed by atoms with Crippen molar-refractivity contribution in [2.75, 3.05) is 0 Å². The van der Waals surface area contributed by atoms with Gasteiger partial charge >= 0.3 is 0 Å². The summed E-state index contributed by atoms with van der Waals surface area (Å²) in [4.78, 5) is 36.2. The fourth-order valence-corrected chi connectivity index (χ4v) is 14.8. The molecule has 47 heavy (non-hydrogen) atoms. The maximum atomic E-state index is 12.1. The first-order chi connectivity index (χ1) is 21.2. The topological polar surface area (TPSA) is 51.2 Å². The van der Waals surface area contributed by atoms with Gasteiger partial charge in [-0.05, 0) is 180 Å². The first kappa shape index (κ1) is 37.8. The van der Waals surface area contributed by atoms with Crippen molar-refractivity contribution in [2.24, 2.45) is 69.0 Å². The molecule has 0 saturated heterocycles. The largest absolute Gasteiger partial charge is 0.300 e. The smallest absolute Gasteiger partial charge is 0.155 e. The Morgan fingerprint density at radius 3 is 1.64 bits per heavy atom. The average molecular weight is 869 g/mol. The van der Waals surface area contributed by atoms with Gasteiger partial charge in [0.05, 0.1) is 0 Å². The molecule has 8 rings (SSSR count). The Bertz CT molecular complexity index is 1340. The summed E-state index contributed by atoms with van der Waals surface area (Å²) in [7, 11) is 0. The fourth-order valence-electron chi connectivity index (χ4n) is 14.8. The summed E-state index contributed by atoms with van der Waals surface area (Å²) in [5.41, 5.74) is 6.31. The van der Waals surface area contributed by atoms with Crippen molar-refractivity contribution < 1.29 is 45.5 Å². The van der Waals surface area contributed by atoms with Gasteiger partial charge in [0, 0.05) is 49.4 Å². The van der Waals surface area contributed by atoms with Gasteiger partial charge in [-0.3, -0.25) is 14.4 Å². The molecule has 0 bridgehead atoms. The Morgan fingerprint density at radius 1 is 0.617 bits per heavy atom. The van der Waals surface area contributed by atoms with Gasteiger partial charge in [0.15, 0.2) is 5.78 Å². The van der Waals surface area contributed by atoms with Crippen LogP contribution >= 0.6 is 0 Å². The molecular formula is C43H66O3U. The molecule has 6 fully saturated rings. The molecule has 0 aromatic heterocycles. The molecule has 0 aliphatic heterocycles. The average Bonchev–Trinajstić information content (AvgIpc) is 3.63. The van der Waals surface area contributed by atoms with Crippen LogP contribution in [0.1, 0.15) is 159 Å². The third kappa shape index (κ3) is 5.66. The maximum Gasteiger partial charge on any atom is 0.155 e. The van der Waals surface area contributed by atoms with Crippen molar-refractivity contribution in [3.63, 3.8) is 0 Å². The Balaban J connectivity index is 0.000000177. The molecule has 260 valence electrons. The molecule has 0 radical (unpaired) electrons. The van der Waals surface area contributed by atoms with Gasteiger partial charge in [0.2, 0.25) is 0 Å². The number of carbonyl (C=O) groups excluding carboxylic acids is 3. The molecule has 0 aromatic rings. The number of hydrogen-bond acceptors (Lipinski definition) is 3. The molecule has 6 saturated carbocycles. The predicted molar refractivity (Wildman–Crippen MR) is 188 cm³/mol. The van der Waals surface area contributed by atoms with Crippen molar-refractivity contribution in [3.05, 3.63) is 22.8 Å². The standard InChI is InChI=1S/C21H30O2.C21H32O.CH4.U/c1-13(22)17-6-7-18-16-5-4-14-12-15(23)8-10-20(14,2)19(16)9-11-21(17,18)3;1-13-9-11-20(3)16(13)6-5-15-18-8-7-17(14(2)22)21(18,4)12-10-19(15)20;;/h12,16-19H,4-11H2,1-3H3;15,17-19H,5-12H2,1-4H3;1H4;/t16-,17+,18-,19-,20-,21+;15-,17+,18-,19-,20-,21+;;/m11../s1. The van der Waals surface area contributed by atoms with Crippen LogP contribution in [0.4, 0.5) is 0 Å². The zero-order chi connectivity index (χ0) is 32.1. The summed E-state index contributed by atoms with van der Waals surface area (Å²) in [6, 6.07) is 0. The van der Waals surface area contributed by atoms with E-state index >= 15 is 0 Å². The Morgan fingerprint density at radius 2 is 1.11 bits per heavy atom. The minimum absolute atomic E-state index is 0. The van der Waals surface area contributed by atoms with Crippen molar-refractivity contribution in [3.8, 4) is 0 Å². The second-order valence-corrected chi connectivity index (χ2v) is 18.6. The molecule has 4 heteroatoms. The molecule has 0 amide bonds. The third-order valence-electron chi connectivity index (χ3n) is 17.2. The Hall–Kier alpha value is -0.458. The van der Waals surface area contributed by atoms with Gasteiger partial charge in [0.1, 0.15) is 11.6 Å². The quantitative estimate of drug-likeness (QED) is 0.260.